The number of halogens is 2. The van der Waals surface area contributed by atoms with Crippen molar-refractivity contribution in [2.24, 2.45) is 17.8 Å². The Balaban J connectivity index is 1.44. The van der Waals surface area contributed by atoms with Gasteiger partial charge in [0.2, 0.25) is 5.91 Å². The van der Waals surface area contributed by atoms with Crippen molar-refractivity contribution in [1.82, 2.24) is 15.1 Å². The third-order valence-electron chi connectivity index (χ3n) is 5.56. The van der Waals surface area contributed by atoms with Crippen molar-refractivity contribution in [3.05, 3.63) is 17.5 Å². The summed E-state index contributed by atoms with van der Waals surface area (Å²) < 4.78 is 27.3. The Labute approximate surface area is 130 Å². The summed E-state index contributed by atoms with van der Waals surface area (Å²) in [5.41, 5.74) is 0.619. The Morgan fingerprint density at radius 3 is 2.83 bits per heavy atom. The number of fused-ring (bicyclic) bond motifs is 1. The molecule has 1 aromatic rings. The van der Waals surface area contributed by atoms with Crippen LogP contribution in [0.1, 0.15) is 41.2 Å². The van der Waals surface area contributed by atoms with E-state index in [1.165, 1.54) is 6.20 Å². The number of likely N-dealkylation sites (tertiary alicyclic amines) is 1. The third kappa shape index (κ3) is 2.14. The summed E-state index contributed by atoms with van der Waals surface area (Å²) in [5, 5.41) is 15.6. The Kier molecular flexibility index (Phi) is 3.01. The van der Waals surface area contributed by atoms with E-state index in [0.717, 1.165) is 0 Å². The minimum atomic E-state index is -2.70. The van der Waals surface area contributed by atoms with Crippen molar-refractivity contribution in [2.75, 3.05) is 13.1 Å². The van der Waals surface area contributed by atoms with Crippen LogP contribution in [0.5, 0.6) is 0 Å². The van der Waals surface area contributed by atoms with E-state index in [-0.39, 0.29) is 29.7 Å². The molecule has 1 amide bonds. The molecule has 0 aromatic carbocycles. The van der Waals surface area contributed by atoms with Crippen molar-refractivity contribution in [1.29, 1.82) is 0 Å². The molecule has 2 heterocycles. The fraction of sp³-hybridized carbons (Fsp3) is 0.667. The molecular weight excluding hydrogens is 308 g/mol. The number of nitrogens with one attached hydrogen (secondary N) is 1. The average molecular weight is 325 g/mol. The van der Waals surface area contributed by atoms with E-state index >= 15 is 0 Å². The number of carbonyl (C=O) groups excluding carboxylic acids is 1. The molecule has 8 heteroatoms. The van der Waals surface area contributed by atoms with E-state index in [9.17, 15) is 18.4 Å². The first-order valence-corrected chi connectivity index (χ1v) is 7.83. The maximum absolute atomic E-state index is 13.7. The first kappa shape index (κ1) is 14.6. The molecule has 0 bridgehead atoms. The molecule has 1 aliphatic heterocycles. The van der Waals surface area contributed by atoms with Crippen molar-refractivity contribution >= 4 is 11.9 Å². The van der Waals surface area contributed by atoms with Crippen LogP contribution >= 0.6 is 0 Å². The number of aromatic nitrogens is 2. The monoisotopic (exact) mass is 325 g/mol. The highest BCUT2D eigenvalue weighted by atomic mass is 19.3. The van der Waals surface area contributed by atoms with Gasteiger partial charge < -0.3 is 10.0 Å². The van der Waals surface area contributed by atoms with Gasteiger partial charge >= 0.3 is 5.97 Å². The van der Waals surface area contributed by atoms with Gasteiger partial charge in [0.15, 0.2) is 0 Å². The van der Waals surface area contributed by atoms with Crippen LogP contribution in [0.2, 0.25) is 0 Å². The van der Waals surface area contributed by atoms with E-state index in [1.54, 1.807) is 4.90 Å². The standard InChI is InChI=1S/C15H17F2N3O3/c16-15(17)3-1-8-10(11(8)15)13(21)20-4-2-7(6-20)12-9(14(22)23)5-18-19-12/h5,7-8,10-11H,1-4,6H2,(H,18,19)(H,22,23)/t7?,8-,10+,11-/m0/s1. The van der Waals surface area contributed by atoms with Crippen molar-refractivity contribution in [2.45, 2.75) is 31.1 Å². The summed E-state index contributed by atoms with van der Waals surface area (Å²) in [6.07, 6.45) is 2.19. The third-order valence-corrected chi connectivity index (χ3v) is 5.56. The Bertz CT molecular complexity index is 675. The zero-order valence-electron chi connectivity index (χ0n) is 12.3. The van der Waals surface area contributed by atoms with Crippen LogP contribution in [-0.4, -0.2) is 51.1 Å². The van der Waals surface area contributed by atoms with Crippen LogP contribution in [0, 0.1) is 17.8 Å². The zero-order valence-corrected chi connectivity index (χ0v) is 12.3. The van der Waals surface area contributed by atoms with E-state index in [4.69, 9.17) is 5.11 Å². The van der Waals surface area contributed by atoms with Gasteiger partial charge in [0.25, 0.3) is 5.92 Å². The second kappa shape index (κ2) is 4.75. The largest absolute Gasteiger partial charge is 0.478 e. The number of alkyl halides is 2. The normalized spacial score (nSPS) is 34.4. The highest BCUT2D eigenvalue weighted by Gasteiger charge is 2.70. The smallest absolute Gasteiger partial charge is 0.339 e. The molecule has 1 saturated heterocycles. The lowest BCUT2D eigenvalue weighted by Gasteiger charge is -2.19. The van der Waals surface area contributed by atoms with Gasteiger partial charge in [-0.1, -0.05) is 0 Å². The van der Waals surface area contributed by atoms with Crippen molar-refractivity contribution < 1.29 is 23.5 Å². The molecule has 1 aromatic heterocycles. The molecule has 1 unspecified atom stereocenters. The predicted molar refractivity (Wildman–Crippen MR) is 74.1 cm³/mol. The summed E-state index contributed by atoms with van der Waals surface area (Å²) in [7, 11) is 0. The number of carbonyl (C=O) groups is 2. The predicted octanol–water partition coefficient (Wildman–Crippen LogP) is 1.72. The maximum Gasteiger partial charge on any atom is 0.339 e. The molecule has 124 valence electrons. The fourth-order valence-electron chi connectivity index (χ4n) is 4.36. The number of carboxylic acids is 1. The molecule has 6 nitrogen and oxygen atoms in total. The van der Waals surface area contributed by atoms with Gasteiger partial charge in [0, 0.05) is 31.3 Å². The first-order valence-electron chi connectivity index (χ1n) is 7.83. The molecular formula is C15H17F2N3O3. The van der Waals surface area contributed by atoms with Gasteiger partial charge in [-0.25, -0.2) is 13.6 Å². The van der Waals surface area contributed by atoms with Gasteiger partial charge in [-0.3, -0.25) is 9.89 Å². The lowest BCUT2D eigenvalue weighted by Crippen LogP contribution is -2.33. The van der Waals surface area contributed by atoms with E-state index < -0.39 is 23.7 Å². The minimum absolute atomic E-state index is 0.106. The van der Waals surface area contributed by atoms with Gasteiger partial charge in [0.1, 0.15) is 5.56 Å². The Morgan fingerprint density at radius 2 is 2.17 bits per heavy atom. The van der Waals surface area contributed by atoms with E-state index in [1.807, 2.05) is 0 Å². The zero-order chi connectivity index (χ0) is 16.4. The lowest BCUT2D eigenvalue weighted by atomic mass is 10.0. The molecule has 2 saturated carbocycles. The average Bonchev–Trinajstić information content (AvgIpc) is 2.89. The number of rotatable bonds is 3. The van der Waals surface area contributed by atoms with Gasteiger partial charge in [0.05, 0.1) is 17.8 Å². The molecule has 2 aliphatic carbocycles. The van der Waals surface area contributed by atoms with E-state index in [0.29, 0.717) is 31.6 Å². The van der Waals surface area contributed by atoms with Gasteiger partial charge in [-0.2, -0.15) is 5.10 Å². The quantitative estimate of drug-likeness (QED) is 0.886. The summed E-state index contributed by atoms with van der Waals surface area (Å²) in [4.78, 5) is 25.3. The summed E-state index contributed by atoms with van der Waals surface area (Å²) in [5.74, 6) is -5.59. The van der Waals surface area contributed by atoms with Gasteiger partial charge in [-0.15, -0.1) is 0 Å². The number of nitrogens with zero attached hydrogens (tertiary/aromatic N) is 2. The number of hydrogen-bond acceptors (Lipinski definition) is 3. The number of aromatic carboxylic acids is 1. The summed E-state index contributed by atoms with van der Waals surface area (Å²) in [6, 6.07) is 0. The van der Waals surface area contributed by atoms with Crippen LogP contribution in [-0.2, 0) is 4.79 Å². The van der Waals surface area contributed by atoms with Crippen LogP contribution in [0.25, 0.3) is 0 Å². The van der Waals surface area contributed by atoms with Crippen LogP contribution in [0.3, 0.4) is 0 Å². The summed E-state index contributed by atoms with van der Waals surface area (Å²) >= 11 is 0. The molecule has 3 fully saturated rings. The SMILES string of the molecule is O=C(O)c1cn[nH]c1C1CCN(C(=O)[C@@H]2[C@@H]3CCC(F)(F)[C@@H]32)C1. The molecule has 23 heavy (non-hydrogen) atoms. The second-order valence-electron chi connectivity index (χ2n) is 6.79. The fourth-order valence-corrected chi connectivity index (χ4v) is 4.36. The Morgan fingerprint density at radius 1 is 1.39 bits per heavy atom. The first-order chi connectivity index (χ1) is 10.9. The Hall–Kier alpha value is -1.99. The molecule has 0 spiro atoms. The maximum atomic E-state index is 13.7. The van der Waals surface area contributed by atoms with Crippen molar-refractivity contribution in [3.63, 3.8) is 0 Å². The molecule has 4 atom stereocenters. The topological polar surface area (TPSA) is 86.3 Å². The summed E-state index contributed by atoms with van der Waals surface area (Å²) in [6.45, 7) is 0.839. The molecule has 4 rings (SSSR count). The molecule has 3 aliphatic rings. The van der Waals surface area contributed by atoms with Crippen LogP contribution in [0.4, 0.5) is 8.78 Å². The highest BCUT2D eigenvalue weighted by Crippen LogP contribution is 2.65. The number of hydrogen-bond donors (Lipinski definition) is 2. The molecule has 2 N–H and O–H groups in total. The van der Waals surface area contributed by atoms with Gasteiger partial charge in [-0.05, 0) is 18.8 Å². The van der Waals surface area contributed by atoms with Crippen molar-refractivity contribution in [3.8, 4) is 0 Å². The highest BCUT2D eigenvalue weighted by molar-refractivity contribution is 5.89. The number of amides is 1. The minimum Gasteiger partial charge on any atom is -0.478 e. The number of aromatic amines is 1. The lowest BCUT2D eigenvalue weighted by molar-refractivity contribution is -0.134. The second-order valence-corrected chi connectivity index (χ2v) is 6.79. The van der Waals surface area contributed by atoms with Crippen LogP contribution in [0.15, 0.2) is 6.20 Å². The number of H-pyrrole nitrogens is 1. The van der Waals surface area contributed by atoms with E-state index in [2.05, 4.69) is 10.2 Å². The molecule has 0 radical (unpaired) electrons. The number of carboxylic acid groups (broad SMARTS) is 1. The van der Waals surface area contributed by atoms with Crippen LogP contribution < -0.4 is 0 Å².